The van der Waals surface area contributed by atoms with Gasteiger partial charge in [0.25, 0.3) is 0 Å². The van der Waals surface area contributed by atoms with Crippen LogP contribution in [0.15, 0.2) is 54.7 Å². The third-order valence-electron chi connectivity index (χ3n) is 5.36. The van der Waals surface area contributed by atoms with Crippen LogP contribution in [0.5, 0.6) is 5.88 Å². The Morgan fingerprint density at radius 2 is 1.94 bits per heavy atom. The number of pyridine rings is 2. The molecule has 4 rings (SSSR count). The first kappa shape index (κ1) is 21.1. The Bertz CT molecular complexity index is 1050. The van der Waals surface area contributed by atoms with Crippen LogP contribution in [0.1, 0.15) is 23.2 Å². The van der Waals surface area contributed by atoms with Crippen molar-refractivity contribution in [3.63, 3.8) is 0 Å². The van der Waals surface area contributed by atoms with Gasteiger partial charge in [0.15, 0.2) is 0 Å². The largest absolute Gasteiger partial charge is 0.472 e. The molecule has 31 heavy (non-hydrogen) atoms. The number of hydrogen-bond acceptors (Lipinski definition) is 5. The number of hydrogen-bond donors (Lipinski definition) is 1. The van der Waals surface area contributed by atoms with E-state index in [2.05, 4.69) is 14.9 Å². The van der Waals surface area contributed by atoms with E-state index in [0.717, 1.165) is 34.8 Å². The Morgan fingerprint density at radius 3 is 2.61 bits per heavy atom. The summed E-state index contributed by atoms with van der Waals surface area (Å²) >= 11 is 0. The smallest absolute Gasteiger partial charge is 0.417 e. The molecular formula is C23H22F3N3O2. The minimum Gasteiger partial charge on any atom is -0.472 e. The van der Waals surface area contributed by atoms with Crippen LogP contribution >= 0.6 is 0 Å². The van der Waals surface area contributed by atoms with E-state index in [1.807, 2.05) is 43.3 Å². The number of aliphatic hydroxyl groups excluding tert-OH is 1. The molecule has 1 saturated heterocycles. The lowest BCUT2D eigenvalue weighted by molar-refractivity contribution is -0.137. The summed E-state index contributed by atoms with van der Waals surface area (Å²) in [6, 6.07) is 14.0. The second kappa shape index (κ2) is 8.55. The maximum Gasteiger partial charge on any atom is 0.417 e. The van der Waals surface area contributed by atoms with Crippen molar-refractivity contribution in [2.75, 3.05) is 18.0 Å². The number of halogens is 3. The first-order valence-electron chi connectivity index (χ1n) is 9.97. The van der Waals surface area contributed by atoms with Crippen molar-refractivity contribution in [1.82, 2.24) is 9.97 Å². The second-order valence-corrected chi connectivity index (χ2v) is 7.49. The minimum absolute atomic E-state index is 0.162. The van der Waals surface area contributed by atoms with Crippen molar-refractivity contribution < 1.29 is 23.0 Å². The van der Waals surface area contributed by atoms with Crippen LogP contribution < -0.4 is 9.64 Å². The molecule has 5 nitrogen and oxygen atoms in total. The standard InChI is InChI=1S/C23H22F3N3O2/c1-15-4-2-3-5-18(15)19-7-8-21(20(14-30)28-19)29-11-10-17(13-29)31-22-9-6-16(12-27-22)23(24,25)26/h2-9,12,17,30H,10-11,13-14H2,1H3. The first-order chi connectivity index (χ1) is 14.8. The molecule has 1 unspecified atom stereocenters. The zero-order valence-electron chi connectivity index (χ0n) is 16.9. The monoisotopic (exact) mass is 429 g/mol. The van der Waals surface area contributed by atoms with Gasteiger partial charge < -0.3 is 14.7 Å². The molecular weight excluding hydrogens is 407 g/mol. The van der Waals surface area contributed by atoms with Crippen LogP contribution in [0.4, 0.5) is 18.9 Å². The SMILES string of the molecule is Cc1ccccc1-c1ccc(N2CCC(Oc3ccc(C(F)(F)F)cn3)C2)c(CO)n1. The van der Waals surface area contributed by atoms with Crippen molar-refractivity contribution in [3.8, 4) is 17.1 Å². The van der Waals surface area contributed by atoms with Gasteiger partial charge in [-0.3, -0.25) is 0 Å². The lowest BCUT2D eigenvalue weighted by atomic mass is 10.0. The predicted molar refractivity (Wildman–Crippen MR) is 111 cm³/mol. The van der Waals surface area contributed by atoms with Crippen molar-refractivity contribution in [2.24, 2.45) is 0 Å². The van der Waals surface area contributed by atoms with Crippen LogP contribution in [0.2, 0.25) is 0 Å². The molecule has 1 N–H and O–H groups in total. The van der Waals surface area contributed by atoms with Gasteiger partial charge in [0.1, 0.15) is 6.10 Å². The number of benzene rings is 1. The molecule has 0 aliphatic carbocycles. The molecule has 1 atom stereocenters. The lowest BCUT2D eigenvalue weighted by Crippen LogP contribution is -2.26. The summed E-state index contributed by atoms with van der Waals surface area (Å²) in [5, 5.41) is 9.89. The highest BCUT2D eigenvalue weighted by Crippen LogP contribution is 2.31. The van der Waals surface area contributed by atoms with Gasteiger partial charge in [-0.25, -0.2) is 9.97 Å². The van der Waals surface area contributed by atoms with Gasteiger partial charge in [0, 0.05) is 30.8 Å². The van der Waals surface area contributed by atoms with Gasteiger partial charge >= 0.3 is 6.18 Å². The number of aliphatic hydroxyl groups is 1. The van der Waals surface area contributed by atoms with E-state index >= 15 is 0 Å². The summed E-state index contributed by atoms with van der Waals surface area (Å²) in [6.07, 6.45) is -3.17. The molecule has 1 aliphatic heterocycles. The van der Waals surface area contributed by atoms with Crippen LogP contribution in [-0.2, 0) is 12.8 Å². The molecule has 1 aromatic carbocycles. The minimum atomic E-state index is -4.42. The molecule has 0 amide bonds. The summed E-state index contributed by atoms with van der Waals surface area (Å²) in [5.74, 6) is 0.162. The van der Waals surface area contributed by atoms with Gasteiger partial charge in [-0.1, -0.05) is 24.3 Å². The zero-order chi connectivity index (χ0) is 22.0. The van der Waals surface area contributed by atoms with Crippen LogP contribution in [0.25, 0.3) is 11.3 Å². The zero-order valence-corrected chi connectivity index (χ0v) is 16.9. The van der Waals surface area contributed by atoms with E-state index in [-0.39, 0.29) is 18.6 Å². The topological polar surface area (TPSA) is 58.5 Å². The molecule has 3 aromatic rings. The first-order valence-corrected chi connectivity index (χ1v) is 9.97. The molecule has 3 heterocycles. The summed E-state index contributed by atoms with van der Waals surface area (Å²) in [6.45, 7) is 3.03. The van der Waals surface area contributed by atoms with Gasteiger partial charge in [-0.2, -0.15) is 13.2 Å². The highest BCUT2D eigenvalue weighted by Gasteiger charge is 2.31. The molecule has 0 bridgehead atoms. The summed E-state index contributed by atoms with van der Waals surface area (Å²) in [4.78, 5) is 10.5. The number of anilines is 1. The van der Waals surface area contributed by atoms with Crippen LogP contribution in [-0.4, -0.2) is 34.3 Å². The Kier molecular flexibility index (Phi) is 5.82. The van der Waals surface area contributed by atoms with E-state index < -0.39 is 11.7 Å². The normalized spacial score (nSPS) is 16.5. The maximum absolute atomic E-state index is 12.7. The van der Waals surface area contributed by atoms with E-state index in [1.54, 1.807) is 0 Å². The third kappa shape index (κ3) is 4.64. The predicted octanol–water partition coefficient (Wildman–Crippen LogP) is 4.62. The number of ether oxygens (including phenoxy) is 1. The number of nitrogens with zero attached hydrogens (tertiary/aromatic N) is 3. The number of rotatable bonds is 5. The molecule has 1 aliphatic rings. The molecule has 0 spiro atoms. The van der Waals surface area contributed by atoms with Gasteiger partial charge in [-0.15, -0.1) is 0 Å². The maximum atomic E-state index is 12.7. The molecule has 0 radical (unpaired) electrons. The van der Waals surface area contributed by atoms with E-state index in [1.165, 1.54) is 6.07 Å². The average molecular weight is 429 g/mol. The van der Waals surface area contributed by atoms with Crippen molar-refractivity contribution in [3.05, 3.63) is 71.5 Å². The van der Waals surface area contributed by atoms with Crippen LogP contribution in [0.3, 0.4) is 0 Å². The molecule has 2 aromatic heterocycles. The van der Waals surface area contributed by atoms with Gasteiger partial charge in [-0.05, 0) is 30.7 Å². The summed E-state index contributed by atoms with van der Waals surface area (Å²) < 4.78 is 43.8. The van der Waals surface area contributed by atoms with Crippen LogP contribution in [0, 0.1) is 6.92 Å². The highest BCUT2D eigenvalue weighted by molar-refractivity contribution is 5.66. The summed E-state index contributed by atoms with van der Waals surface area (Å²) in [7, 11) is 0. The fraction of sp³-hybridized carbons (Fsp3) is 0.304. The molecule has 162 valence electrons. The molecule has 8 heteroatoms. The number of aryl methyl sites for hydroxylation is 1. The van der Waals surface area contributed by atoms with E-state index in [9.17, 15) is 18.3 Å². The highest BCUT2D eigenvalue weighted by atomic mass is 19.4. The Hall–Kier alpha value is -3.13. The Morgan fingerprint density at radius 1 is 1.13 bits per heavy atom. The second-order valence-electron chi connectivity index (χ2n) is 7.49. The van der Waals surface area contributed by atoms with Crippen molar-refractivity contribution in [2.45, 2.75) is 32.2 Å². The number of aromatic nitrogens is 2. The fourth-order valence-corrected chi connectivity index (χ4v) is 3.74. The van der Waals surface area contributed by atoms with E-state index in [4.69, 9.17) is 4.74 Å². The lowest BCUT2D eigenvalue weighted by Gasteiger charge is -2.22. The van der Waals surface area contributed by atoms with Crippen molar-refractivity contribution >= 4 is 5.69 Å². The fourth-order valence-electron chi connectivity index (χ4n) is 3.74. The number of alkyl halides is 3. The van der Waals surface area contributed by atoms with E-state index in [0.29, 0.717) is 25.2 Å². The van der Waals surface area contributed by atoms with Gasteiger partial charge in [0.05, 0.1) is 35.8 Å². The average Bonchev–Trinajstić information content (AvgIpc) is 3.21. The molecule has 1 fully saturated rings. The molecule has 0 saturated carbocycles. The third-order valence-corrected chi connectivity index (χ3v) is 5.36. The van der Waals surface area contributed by atoms with Crippen molar-refractivity contribution in [1.29, 1.82) is 0 Å². The summed E-state index contributed by atoms with van der Waals surface area (Å²) in [5.41, 5.74) is 3.51. The Balaban J connectivity index is 1.47. The van der Waals surface area contributed by atoms with Gasteiger partial charge in [0.2, 0.25) is 5.88 Å². The Labute approximate surface area is 178 Å². The quantitative estimate of drug-likeness (QED) is 0.641.